The van der Waals surface area contributed by atoms with E-state index in [1.54, 1.807) is 6.92 Å². The summed E-state index contributed by atoms with van der Waals surface area (Å²) in [7, 11) is 1.42. The predicted molar refractivity (Wildman–Crippen MR) is 152 cm³/mol. The normalized spacial score (nSPS) is 25.1. The van der Waals surface area contributed by atoms with Crippen LogP contribution in [0, 0.1) is 17.8 Å². The van der Waals surface area contributed by atoms with Gasteiger partial charge >= 0.3 is 11.9 Å². The van der Waals surface area contributed by atoms with E-state index in [9.17, 15) is 14.4 Å². The van der Waals surface area contributed by atoms with E-state index in [0.29, 0.717) is 37.4 Å². The number of nitrogens with zero attached hydrogens (tertiary/aromatic N) is 1. The Kier molecular flexibility index (Phi) is 12.2. The number of rotatable bonds is 14. The zero-order valence-corrected chi connectivity index (χ0v) is 25.1. The van der Waals surface area contributed by atoms with Gasteiger partial charge in [0.2, 0.25) is 6.79 Å². The van der Waals surface area contributed by atoms with Crippen molar-refractivity contribution in [3.8, 4) is 11.5 Å². The van der Waals surface area contributed by atoms with Crippen molar-refractivity contribution in [3.05, 3.63) is 18.0 Å². The molecule has 2 saturated carbocycles. The molecule has 3 aliphatic rings. The summed E-state index contributed by atoms with van der Waals surface area (Å²) in [5.41, 5.74) is -0.0966. The highest BCUT2D eigenvalue weighted by Gasteiger charge is 2.38. The van der Waals surface area contributed by atoms with Crippen LogP contribution in [0.1, 0.15) is 88.5 Å². The number of pyridine rings is 1. The lowest BCUT2D eigenvalue weighted by atomic mass is 9.83. The van der Waals surface area contributed by atoms with Gasteiger partial charge in [-0.2, -0.15) is 0 Å². The monoisotopic (exact) mass is 590 g/mol. The molecular formula is C31H46N2O9. The number of aromatic nitrogens is 1. The molecule has 4 rings (SSSR count). The van der Waals surface area contributed by atoms with Crippen LogP contribution in [0.15, 0.2) is 12.3 Å². The van der Waals surface area contributed by atoms with Crippen molar-refractivity contribution >= 4 is 17.8 Å². The van der Waals surface area contributed by atoms with Crippen molar-refractivity contribution in [1.29, 1.82) is 0 Å². The molecule has 1 N–H and O–H groups in total. The molecule has 42 heavy (non-hydrogen) atoms. The van der Waals surface area contributed by atoms with E-state index in [-0.39, 0.29) is 29.9 Å². The fourth-order valence-corrected chi connectivity index (χ4v) is 5.94. The summed E-state index contributed by atoms with van der Waals surface area (Å²) in [4.78, 5) is 42.7. The summed E-state index contributed by atoms with van der Waals surface area (Å²) in [6.07, 6.45) is 11.4. The van der Waals surface area contributed by atoms with Gasteiger partial charge in [0, 0.05) is 25.5 Å². The van der Waals surface area contributed by atoms with Crippen LogP contribution in [0.5, 0.6) is 11.5 Å². The van der Waals surface area contributed by atoms with Gasteiger partial charge in [-0.1, -0.05) is 32.1 Å². The number of amides is 1. The van der Waals surface area contributed by atoms with Crippen molar-refractivity contribution in [1.82, 2.24) is 10.3 Å². The van der Waals surface area contributed by atoms with Crippen molar-refractivity contribution in [2.24, 2.45) is 17.8 Å². The number of carbonyl (C=O) groups is 3. The molecule has 11 heteroatoms. The highest BCUT2D eigenvalue weighted by atomic mass is 16.7. The number of nitrogens with one attached hydrogen (secondary N) is 1. The van der Waals surface area contributed by atoms with Gasteiger partial charge in [-0.3, -0.25) is 4.79 Å². The quantitative estimate of drug-likeness (QED) is 0.248. The number of ether oxygens (including phenoxy) is 6. The van der Waals surface area contributed by atoms with Crippen LogP contribution in [0.25, 0.3) is 0 Å². The summed E-state index contributed by atoms with van der Waals surface area (Å²) < 4.78 is 33.4. The Balaban J connectivity index is 1.43. The van der Waals surface area contributed by atoms with Crippen LogP contribution >= 0.6 is 0 Å². The third kappa shape index (κ3) is 9.29. The molecule has 1 saturated heterocycles. The molecular weight excluding hydrogens is 544 g/mol. The molecule has 3 fully saturated rings. The van der Waals surface area contributed by atoms with E-state index in [4.69, 9.17) is 28.4 Å². The number of cyclic esters (lactones) is 1. The minimum atomic E-state index is -0.862. The van der Waals surface area contributed by atoms with Crippen LogP contribution in [0.4, 0.5) is 0 Å². The number of hydrogen-bond donors (Lipinski definition) is 1. The fourth-order valence-electron chi connectivity index (χ4n) is 5.94. The van der Waals surface area contributed by atoms with Gasteiger partial charge in [0.05, 0.1) is 13.2 Å². The van der Waals surface area contributed by atoms with Gasteiger partial charge in [-0.15, -0.1) is 0 Å². The van der Waals surface area contributed by atoms with Crippen molar-refractivity contribution in [2.45, 2.75) is 96.3 Å². The van der Waals surface area contributed by atoms with E-state index in [2.05, 4.69) is 10.3 Å². The first kappa shape index (κ1) is 32.0. The zero-order chi connectivity index (χ0) is 29.9. The molecule has 0 aromatic carbocycles. The summed E-state index contributed by atoms with van der Waals surface area (Å²) in [6, 6.07) is 0.662. The Bertz CT molecular complexity index is 1040. The number of carbonyl (C=O) groups excluding carboxylic acids is 3. The molecule has 1 aromatic heterocycles. The van der Waals surface area contributed by atoms with Gasteiger partial charge in [0.25, 0.3) is 5.91 Å². The average Bonchev–Trinajstić information content (AvgIpc) is 3.66. The number of esters is 2. The van der Waals surface area contributed by atoms with Gasteiger partial charge in [0.1, 0.15) is 18.8 Å². The second-order valence-electron chi connectivity index (χ2n) is 11.6. The maximum Gasteiger partial charge on any atom is 0.334 e. The molecule has 4 unspecified atom stereocenters. The minimum absolute atomic E-state index is 0.00307. The van der Waals surface area contributed by atoms with Crippen molar-refractivity contribution < 1.29 is 42.8 Å². The first-order valence-electron chi connectivity index (χ1n) is 15.4. The maximum absolute atomic E-state index is 13.4. The molecule has 1 aromatic rings. The SMILES string of the molecule is CCOCC(=O)OCOc1c(OC)ccnc1C(=O)NC1CCCC(CC2CCCC2)C(OCC2CC2)C(C)OC1=O. The number of methoxy groups -OCH3 is 1. The smallest absolute Gasteiger partial charge is 0.334 e. The second-order valence-corrected chi connectivity index (χ2v) is 11.6. The zero-order valence-electron chi connectivity index (χ0n) is 25.1. The topological polar surface area (TPSA) is 132 Å². The van der Waals surface area contributed by atoms with Crippen LogP contribution < -0.4 is 14.8 Å². The summed E-state index contributed by atoms with van der Waals surface area (Å²) in [5, 5.41) is 2.80. The largest absolute Gasteiger partial charge is 0.493 e. The third-order valence-electron chi connectivity index (χ3n) is 8.37. The molecule has 234 valence electrons. The maximum atomic E-state index is 13.4. The fraction of sp³-hybridized carbons (Fsp3) is 0.742. The van der Waals surface area contributed by atoms with E-state index in [1.165, 1.54) is 57.9 Å². The summed E-state index contributed by atoms with van der Waals surface area (Å²) >= 11 is 0. The van der Waals surface area contributed by atoms with Crippen molar-refractivity contribution in [3.63, 3.8) is 0 Å². The Hall–Kier alpha value is -2.92. The van der Waals surface area contributed by atoms with E-state index in [0.717, 1.165) is 19.3 Å². The summed E-state index contributed by atoms with van der Waals surface area (Å²) in [5.74, 6) is 0.101. The lowest BCUT2D eigenvalue weighted by Crippen LogP contribution is -2.44. The molecule has 4 atom stereocenters. The molecule has 1 aliphatic heterocycles. The second kappa shape index (κ2) is 16.1. The molecule has 11 nitrogen and oxygen atoms in total. The highest BCUT2D eigenvalue weighted by Crippen LogP contribution is 2.37. The minimum Gasteiger partial charge on any atom is -0.493 e. The van der Waals surface area contributed by atoms with Crippen molar-refractivity contribution in [2.75, 3.05) is 33.7 Å². The van der Waals surface area contributed by atoms with Crippen LogP contribution in [0.3, 0.4) is 0 Å². The lowest BCUT2D eigenvalue weighted by molar-refractivity contribution is -0.161. The first-order chi connectivity index (χ1) is 20.4. The predicted octanol–water partition coefficient (Wildman–Crippen LogP) is 4.21. The molecule has 2 heterocycles. The Morgan fingerprint density at radius 2 is 1.86 bits per heavy atom. The Morgan fingerprint density at radius 3 is 2.57 bits per heavy atom. The summed E-state index contributed by atoms with van der Waals surface area (Å²) in [6.45, 7) is 4.06. The molecule has 0 spiro atoms. The standard InChI is InChI=1S/C31H46N2O9/c1-4-38-18-26(34)40-19-41-29-25(37-3)14-15-32-27(29)30(35)33-24-11-7-10-23(16-21-8-5-6-9-21)28(20(2)42-31(24)36)39-17-22-12-13-22/h14-15,20-24,28H,4-13,16-19H2,1-3H3,(H,33,35). The van der Waals surface area contributed by atoms with Gasteiger partial charge in [-0.25, -0.2) is 14.6 Å². The average molecular weight is 591 g/mol. The van der Waals surface area contributed by atoms with Gasteiger partial charge < -0.3 is 33.7 Å². The van der Waals surface area contributed by atoms with Crippen LogP contribution in [0.2, 0.25) is 0 Å². The molecule has 2 aliphatic carbocycles. The molecule has 1 amide bonds. The highest BCUT2D eigenvalue weighted by molar-refractivity contribution is 5.98. The first-order valence-corrected chi connectivity index (χ1v) is 15.4. The van der Waals surface area contributed by atoms with E-state index < -0.39 is 36.8 Å². The molecule has 0 radical (unpaired) electrons. The van der Waals surface area contributed by atoms with Gasteiger partial charge in [0.15, 0.2) is 17.2 Å². The molecule has 0 bridgehead atoms. The van der Waals surface area contributed by atoms with Crippen LogP contribution in [-0.2, 0) is 28.5 Å². The van der Waals surface area contributed by atoms with E-state index in [1.807, 2.05) is 6.92 Å². The van der Waals surface area contributed by atoms with Gasteiger partial charge in [-0.05, 0) is 63.7 Å². The van der Waals surface area contributed by atoms with E-state index >= 15 is 0 Å². The number of hydrogen-bond acceptors (Lipinski definition) is 10. The Labute approximate surface area is 248 Å². The van der Waals surface area contributed by atoms with Crippen LogP contribution in [-0.4, -0.2) is 74.8 Å². The third-order valence-corrected chi connectivity index (χ3v) is 8.37. The Morgan fingerprint density at radius 1 is 1.07 bits per heavy atom. The lowest BCUT2D eigenvalue weighted by Gasteiger charge is -2.32.